The van der Waals surface area contributed by atoms with Crippen molar-refractivity contribution in [2.45, 2.75) is 96.8 Å². The Morgan fingerprint density at radius 2 is 1.03 bits per heavy atom. The van der Waals surface area contributed by atoms with Crippen molar-refractivity contribution in [1.29, 1.82) is 0 Å². The minimum absolute atomic E-state index is 0.00983. The molecule has 190 valence electrons. The minimum Gasteiger partial charge on any atom is -0.0654 e. The van der Waals surface area contributed by atoms with Gasteiger partial charge in [0.25, 0.3) is 0 Å². The summed E-state index contributed by atoms with van der Waals surface area (Å²) in [5.41, 5.74) is 3.10. The van der Waals surface area contributed by atoms with Crippen LogP contribution in [0.5, 0.6) is 0 Å². The number of rotatable bonds is 14. The molecule has 1 unspecified atom stereocenters. The quantitative estimate of drug-likeness (QED) is 0.158. The molecular weight excluding hydrogens is 432 g/mol. The van der Waals surface area contributed by atoms with E-state index in [0.717, 1.165) is 0 Å². The van der Waals surface area contributed by atoms with Gasteiger partial charge in [0.15, 0.2) is 0 Å². The second kappa shape index (κ2) is 13.1. The predicted molar refractivity (Wildman–Crippen MR) is 160 cm³/mol. The summed E-state index contributed by atoms with van der Waals surface area (Å²) in [6.07, 6.45) is 14.4. The fourth-order valence-electron chi connectivity index (χ4n) is 6.84. The fraction of sp³-hybridized carbons (Fsp3) is 0.444. The molecule has 4 aromatic rings. The van der Waals surface area contributed by atoms with Crippen LogP contribution in [0.1, 0.15) is 103 Å². The lowest BCUT2D eigenvalue weighted by Crippen LogP contribution is -2.37. The highest BCUT2D eigenvalue weighted by Crippen LogP contribution is 2.51. The summed E-state index contributed by atoms with van der Waals surface area (Å²) in [6.45, 7) is 7.08. The topological polar surface area (TPSA) is 0 Å². The molecule has 0 fully saturated rings. The highest BCUT2D eigenvalue weighted by atomic mass is 14.4. The van der Waals surface area contributed by atoms with Crippen molar-refractivity contribution >= 4 is 21.5 Å². The van der Waals surface area contributed by atoms with E-state index in [0.29, 0.717) is 5.92 Å². The number of unbranched alkanes of at least 4 members (excludes halogenated alkanes) is 5. The van der Waals surface area contributed by atoms with Crippen LogP contribution < -0.4 is 0 Å². The maximum atomic E-state index is 2.46. The summed E-state index contributed by atoms with van der Waals surface area (Å²) in [7, 11) is 0. The Bertz CT molecular complexity index is 1130. The van der Waals surface area contributed by atoms with Crippen LogP contribution in [0.15, 0.2) is 84.9 Å². The third-order valence-corrected chi connectivity index (χ3v) is 8.43. The van der Waals surface area contributed by atoms with Gasteiger partial charge in [0.2, 0.25) is 0 Å². The van der Waals surface area contributed by atoms with Crippen LogP contribution >= 0.6 is 0 Å². The van der Waals surface area contributed by atoms with Crippen molar-refractivity contribution in [2.24, 2.45) is 5.92 Å². The zero-order chi connectivity index (χ0) is 25.2. The van der Waals surface area contributed by atoms with Gasteiger partial charge >= 0.3 is 0 Å². The van der Waals surface area contributed by atoms with Gasteiger partial charge in [-0.2, -0.15) is 0 Å². The molecule has 0 aliphatic rings. The Morgan fingerprint density at radius 1 is 0.500 bits per heavy atom. The van der Waals surface area contributed by atoms with Crippen molar-refractivity contribution in [3.63, 3.8) is 0 Å². The molecule has 0 amide bonds. The van der Waals surface area contributed by atoms with Gasteiger partial charge in [0.05, 0.1) is 0 Å². The molecule has 0 aliphatic heterocycles. The average molecular weight is 479 g/mol. The first-order valence-electron chi connectivity index (χ1n) is 14.7. The van der Waals surface area contributed by atoms with Crippen LogP contribution in [-0.4, -0.2) is 0 Å². The third-order valence-electron chi connectivity index (χ3n) is 8.43. The van der Waals surface area contributed by atoms with E-state index in [2.05, 4.69) is 106 Å². The first-order valence-corrected chi connectivity index (χ1v) is 14.7. The van der Waals surface area contributed by atoms with Gasteiger partial charge in [-0.3, -0.25) is 0 Å². The Balaban J connectivity index is 1.91. The normalized spacial score (nSPS) is 12.9. The van der Waals surface area contributed by atoms with Crippen molar-refractivity contribution in [2.75, 3.05) is 0 Å². The molecule has 0 N–H and O–H groups in total. The SMILES string of the molecule is CCCCCCCCC(CCC)C(CCC)(c1cccc2ccccc12)c1cccc2ccccc12. The number of hydrogen-bond acceptors (Lipinski definition) is 0. The Morgan fingerprint density at radius 3 is 1.58 bits per heavy atom. The average Bonchev–Trinajstić information content (AvgIpc) is 2.92. The van der Waals surface area contributed by atoms with Crippen LogP contribution in [0, 0.1) is 5.92 Å². The maximum Gasteiger partial charge on any atom is 0.0243 e. The lowest BCUT2D eigenvalue weighted by atomic mass is 9.59. The Kier molecular flexibility index (Phi) is 9.62. The standard InChI is InChI=1S/C36H46/c1-4-7-8-9-10-11-23-31(18-5-2)36(28-6-3,34-26-16-21-29-19-12-14-24-32(29)34)35-27-17-22-30-20-13-15-25-33(30)35/h12-17,19-22,24-27,31H,4-11,18,23,28H2,1-3H3. The van der Waals surface area contributed by atoms with Crippen LogP contribution in [0.25, 0.3) is 21.5 Å². The van der Waals surface area contributed by atoms with Crippen LogP contribution in [0.2, 0.25) is 0 Å². The smallest absolute Gasteiger partial charge is 0.0243 e. The van der Waals surface area contributed by atoms with Crippen LogP contribution in [0.3, 0.4) is 0 Å². The highest BCUT2D eigenvalue weighted by Gasteiger charge is 2.42. The first-order chi connectivity index (χ1) is 17.8. The van der Waals surface area contributed by atoms with E-state index in [1.165, 1.54) is 92.2 Å². The summed E-state index contributed by atoms with van der Waals surface area (Å²) in [4.78, 5) is 0. The lowest BCUT2D eigenvalue weighted by molar-refractivity contribution is 0.257. The molecule has 0 saturated heterocycles. The molecule has 0 radical (unpaired) electrons. The predicted octanol–water partition coefficient (Wildman–Crippen LogP) is 11.2. The van der Waals surface area contributed by atoms with Gasteiger partial charge in [-0.15, -0.1) is 0 Å². The van der Waals surface area contributed by atoms with Gasteiger partial charge < -0.3 is 0 Å². The van der Waals surface area contributed by atoms with E-state index in [-0.39, 0.29) is 5.41 Å². The summed E-state index contributed by atoms with van der Waals surface area (Å²) in [6, 6.07) is 32.3. The maximum absolute atomic E-state index is 2.46. The third kappa shape index (κ3) is 5.54. The van der Waals surface area contributed by atoms with Gasteiger partial charge in [-0.1, -0.05) is 157 Å². The molecule has 0 spiro atoms. The highest BCUT2D eigenvalue weighted by molar-refractivity contribution is 5.91. The van der Waals surface area contributed by atoms with E-state index in [1.54, 1.807) is 11.1 Å². The van der Waals surface area contributed by atoms with Crippen molar-refractivity contribution in [1.82, 2.24) is 0 Å². The summed E-state index contributed by atoms with van der Waals surface area (Å²) in [5, 5.41) is 5.60. The molecular formula is C36H46. The van der Waals surface area contributed by atoms with Gasteiger partial charge in [0.1, 0.15) is 0 Å². The van der Waals surface area contributed by atoms with Crippen molar-refractivity contribution in [3.8, 4) is 0 Å². The molecule has 0 heteroatoms. The largest absolute Gasteiger partial charge is 0.0654 e. The molecule has 0 saturated carbocycles. The summed E-state index contributed by atoms with van der Waals surface area (Å²) in [5.74, 6) is 0.630. The van der Waals surface area contributed by atoms with E-state index in [9.17, 15) is 0 Å². The molecule has 36 heavy (non-hydrogen) atoms. The first kappa shape index (κ1) is 26.5. The minimum atomic E-state index is 0.00983. The van der Waals surface area contributed by atoms with Gasteiger partial charge in [-0.05, 0) is 57.9 Å². The van der Waals surface area contributed by atoms with Gasteiger partial charge in [-0.25, -0.2) is 0 Å². The van der Waals surface area contributed by atoms with E-state index in [1.807, 2.05) is 0 Å². The zero-order valence-corrected chi connectivity index (χ0v) is 22.9. The molecule has 1 atom stereocenters. The van der Waals surface area contributed by atoms with Gasteiger partial charge in [0, 0.05) is 5.41 Å². The second-order valence-corrected chi connectivity index (χ2v) is 10.8. The second-order valence-electron chi connectivity index (χ2n) is 10.8. The Hall–Kier alpha value is -2.60. The van der Waals surface area contributed by atoms with E-state index in [4.69, 9.17) is 0 Å². The molecule has 0 aromatic heterocycles. The zero-order valence-electron chi connectivity index (χ0n) is 22.9. The van der Waals surface area contributed by atoms with E-state index < -0.39 is 0 Å². The number of hydrogen-bond donors (Lipinski definition) is 0. The fourth-order valence-corrected chi connectivity index (χ4v) is 6.84. The summed E-state index contributed by atoms with van der Waals surface area (Å²) < 4.78 is 0. The molecule has 0 bridgehead atoms. The molecule has 0 heterocycles. The summed E-state index contributed by atoms with van der Waals surface area (Å²) >= 11 is 0. The van der Waals surface area contributed by atoms with Crippen LogP contribution in [0.4, 0.5) is 0 Å². The monoisotopic (exact) mass is 478 g/mol. The number of benzene rings is 4. The lowest BCUT2D eigenvalue weighted by Gasteiger charge is -2.44. The molecule has 4 rings (SSSR count). The molecule has 0 aliphatic carbocycles. The van der Waals surface area contributed by atoms with Crippen molar-refractivity contribution < 1.29 is 0 Å². The molecule has 4 aromatic carbocycles. The molecule has 0 nitrogen and oxygen atoms in total. The number of fused-ring (bicyclic) bond motifs is 2. The Labute approximate surface area is 220 Å². The van der Waals surface area contributed by atoms with Crippen LogP contribution in [-0.2, 0) is 5.41 Å². The van der Waals surface area contributed by atoms with Crippen molar-refractivity contribution in [3.05, 3.63) is 96.1 Å². The van der Waals surface area contributed by atoms with E-state index >= 15 is 0 Å².